The van der Waals surface area contributed by atoms with Crippen molar-refractivity contribution in [1.82, 2.24) is 15.1 Å². The Morgan fingerprint density at radius 3 is 2.76 bits per heavy atom. The Bertz CT molecular complexity index is 310. The molecule has 0 bridgehead atoms. The largest absolute Gasteiger partial charge is 0.311 e. The van der Waals surface area contributed by atoms with Crippen molar-refractivity contribution in [1.29, 1.82) is 0 Å². The third-order valence-electron chi connectivity index (χ3n) is 2.87. The quantitative estimate of drug-likeness (QED) is 0.422. The summed E-state index contributed by atoms with van der Waals surface area (Å²) in [6, 6.07) is 2.22. The maximum atomic E-state index is 4.55. The van der Waals surface area contributed by atoms with Crippen LogP contribution in [0.15, 0.2) is 6.07 Å². The number of unbranched alkanes of at least 4 members (excludes halogenated alkanes) is 2. The van der Waals surface area contributed by atoms with Gasteiger partial charge >= 0.3 is 0 Å². The molecule has 0 aliphatic carbocycles. The van der Waals surface area contributed by atoms with Gasteiger partial charge in [-0.1, -0.05) is 35.9 Å². The van der Waals surface area contributed by atoms with Crippen molar-refractivity contribution in [3.63, 3.8) is 0 Å². The Hall–Kier alpha value is -0.100. The highest BCUT2D eigenvalue weighted by molar-refractivity contribution is 14.1. The molecule has 0 aliphatic rings. The number of halogens is 1. The highest BCUT2D eigenvalue weighted by Crippen LogP contribution is 2.05. The van der Waals surface area contributed by atoms with Crippen molar-refractivity contribution < 1.29 is 0 Å². The van der Waals surface area contributed by atoms with Crippen LogP contribution in [0.1, 0.15) is 44.5 Å². The molecular weight excluding hydrogens is 325 g/mol. The fraction of sp³-hybridized carbons (Fsp3) is 0.769. The summed E-state index contributed by atoms with van der Waals surface area (Å²) in [5.41, 5.74) is 2.52. The molecule has 98 valence electrons. The number of nitrogens with one attached hydrogen (secondary N) is 1. The van der Waals surface area contributed by atoms with Crippen molar-refractivity contribution in [2.75, 3.05) is 11.0 Å². The van der Waals surface area contributed by atoms with Gasteiger partial charge in [0.25, 0.3) is 0 Å². The maximum Gasteiger partial charge on any atom is 0.0625 e. The fourth-order valence-electron chi connectivity index (χ4n) is 1.84. The molecule has 0 radical (unpaired) electrons. The number of nitrogens with zero attached hydrogens (tertiary/aromatic N) is 2. The monoisotopic (exact) mass is 349 g/mol. The van der Waals surface area contributed by atoms with E-state index < -0.39 is 0 Å². The van der Waals surface area contributed by atoms with E-state index in [1.807, 2.05) is 0 Å². The predicted octanol–water partition coefficient (Wildman–Crippen LogP) is 3.16. The Morgan fingerprint density at radius 2 is 2.12 bits per heavy atom. The van der Waals surface area contributed by atoms with Crippen LogP contribution in [0, 0.1) is 0 Å². The van der Waals surface area contributed by atoms with E-state index in [0.29, 0.717) is 0 Å². The topological polar surface area (TPSA) is 29.9 Å². The van der Waals surface area contributed by atoms with Gasteiger partial charge in [0, 0.05) is 13.1 Å². The van der Waals surface area contributed by atoms with Crippen molar-refractivity contribution in [3.05, 3.63) is 17.5 Å². The first kappa shape index (κ1) is 15.0. The second-order valence-corrected chi connectivity index (χ2v) is 5.30. The van der Waals surface area contributed by atoms with Crippen LogP contribution in [-0.4, -0.2) is 20.8 Å². The molecule has 3 nitrogen and oxygen atoms in total. The molecule has 0 fully saturated rings. The minimum atomic E-state index is 0.949. The number of rotatable bonds is 9. The standard InChI is InChI=1S/C13H24IN3/c1-3-12-10-13(17(4-2)16-12)11-15-9-7-5-6-8-14/h10,15H,3-9,11H2,1-2H3. The molecule has 1 N–H and O–H groups in total. The molecule has 0 amide bonds. The Morgan fingerprint density at radius 1 is 1.29 bits per heavy atom. The molecule has 1 rings (SSSR count). The van der Waals surface area contributed by atoms with Gasteiger partial charge in [0.15, 0.2) is 0 Å². The molecule has 4 heteroatoms. The van der Waals surface area contributed by atoms with Crippen LogP contribution in [0.5, 0.6) is 0 Å². The van der Waals surface area contributed by atoms with Gasteiger partial charge in [-0.25, -0.2) is 0 Å². The van der Waals surface area contributed by atoms with Gasteiger partial charge in [-0.3, -0.25) is 4.68 Å². The molecule has 1 aromatic rings. The summed E-state index contributed by atoms with van der Waals surface area (Å²) in [5, 5.41) is 8.06. The zero-order chi connectivity index (χ0) is 12.5. The first-order chi connectivity index (χ1) is 8.31. The molecular formula is C13H24IN3. The third kappa shape index (κ3) is 5.38. The van der Waals surface area contributed by atoms with E-state index in [-0.39, 0.29) is 0 Å². The lowest BCUT2D eigenvalue weighted by atomic mass is 10.2. The molecule has 0 aromatic carbocycles. The molecule has 1 heterocycles. The molecule has 0 aliphatic heterocycles. The Kier molecular flexibility index (Phi) is 7.84. The highest BCUT2D eigenvalue weighted by atomic mass is 127. The smallest absolute Gasteiger partial charge is 0.0625 e. The lowest BCUT2D eigenvalue weighted by Crippen LogP contribution is -2.17. The van der Waals surface area contributed by atoms with Crippen LogP contribution in [0.2, 0.25) is 0 Å². The van der Waals surface area contributed by atoms with Crippen LogP contribution in [0.4, 0.5) is 0 Å². The van der Waals surface area contributed by atoms with Gasteiger partial charge in [0.05, 0.1) is 11.4 Å². The molecule has 0 saturated carbocycles. The van der Waals surface area contributed by atoms with Gasteiger partial charge in [-0.15, -0.1) is 0 Å². The van der Waals surface area contributed by atoms with Crippen molar-refractivity contribution in [2.45, 2.75) is 52.6 Å². The Balaban J connectivity index is 2.28. The van der Waals surface area contributed by atoms with Gasteiger partial charge in [0.2, 0.25) is 0 Å². The zero-order valence-electron chi connectivity index (χ0n) is 11.0. The molecule has 1 aromatic heterocycles. The molecule has 17 heavy (non-hydrogen) atoms. The van der Waals surface area contributed by atoms with E-state index in [9.17, 15) is 0 Å². The first-order valence-electron chi connectivity index (χ1n) is 6.64. The van der Waals surface area contributed by atoms with E-state index >= 15 is 0 Å². The van der Waals surface area contributed by atoms with Crippen LogP contribution in [-0.2, 0) is 19.5 Å². The average Bonchev–Trinajstić information content (AvgIpc) is 2.76. The van der Waals surface area contributed by atoms with Crippen LogP contribution in [0.25, 0.3) is 0 Å². The summed E-state index contributed by atoms with van der Waals surface area (Å²) in [5.74, 6) is 0. The highest BCUT2D eigenvalue weighted by Gasteiger charge is 2.04. The molecule has 0 unspecified atom stereocenters. The van der Waals surface area contributed by atoms with Crippen molar-refractivity contribution in [3.8, 4) is 0 Å². The first-order valence-corrected chi connectivity index (χ1v) is 8.16. The second-order valence-electron chi connectivity index (χ2n) is 4.22. The third-order valence-corrected chi connectivity index (χ3v) is 3.63. The summed E-state index contributed by atoms with van der Waals surface area (Å²) in [7, 11) is 0. The lowest BCUT2D eigenvalue weighted by molar-refractivity contribution is 0.562. The molecule has 0 saturated heterocycles. The number of aryl methyl sites for hydroxylation is 2. The molecule has 0 spiro atoms. The maximum absolute atomic E-state index is 4.55. The van der Waals surface area contributed by atoms with E-state index in [1.165, 1.54) is 35.1 Å². The average molecular weight is 349 g/mol. The lowest BCUT2D eigenvalue weighted by Gasteiger charge is -2.06. The number of alkyl halides is 1. The van der Waals surface area contributed by atoms with E-state index in [2.05, 4.69) is 57.6 Å². The summed E-state index contributed by atoms with van der Waals surface area (Å²) in [4.78, 5) is 0. The number of hydrogen-bond acceptors (Lipinski definition) is 2. The minimum Gasteiger partial charge on any atom is -0.311 e. The minimum absolute atomic E-state index is 0.949. The van der Waals surface area contributed by atoms with Gasteiger partial charge in [-0.2, -0.15) is 5.10 Å². The van der Waals surface area contributed by atoms with Crippen LogP contribution in [0.3, 0.4) is 0 Å². The molecule has 0 atom stereocenters. The summed E-state index contributed by atoms with van der Waals surface area (Å²) < 4.78 is 3.39. The van der Waals surface area contributed by atoms with E-state index in [0.717, 1.165) is 26.1 Å². The summed E-state index contributed by atoms with van der Waals surface area (Å²) in [6.07, 6.45) is 4.98. The zero-order valence-corrected chi connectivity index (χ0v) is 13.2. The Labute approximate surface area is 118 Å². The van der Waals surface area contributed by atoms with E-state index in [4.69, 9.17) is 0 Å². The normalized spacial score (nSPS) is 11.0. The summed E-state index contributed by atoms with van der Waals surface area (Å²) >= 11 is 2.44. The van der Waals surface area contributed by atoms with Gasteiger partial charge in [-0.05, 0) is 43.2 Å². The van der Waals surface area contributed by atoms with Crippen molar-refractivity contribution >= 4 is 22.6 Å². The van der Waals surface area contributed by atoms with Gasteiger partial charge in [0.1, 0.15) is 0 Å². The number of aromatic nitrogens is 2. The van der Waals surface area contributed by atoms with E-state index in [1.54, 1.807) is 0 Å². The predicted molar refractivity (Wildman–Crippen MR) is 81.7 cm³/mol. The summed E-state index contributed by atoms with van der Waals surface area (Å²) in [6.45, 7) is 7.34. The second kappa shape index (κ2) is 8.91. The van der Waals surface area contributed by atoms with Crippen molar-refractivity contribution in [2.24, 2.45) is 0 Å². The SMILES string of the molecule is CCc1cc(CNCCCCCI)n(CC)n1. The fourth-order valence-corrected chi connectivity index (χ4v) is 2.38. The van der Waals surface area contributed by atoms with Gasteiger partial charge < -0.3 is 5.32 Å². The van der Waals surface area contributed by atoms with Crippen LogP contribution >= 0.6 is 22.6 Å². The van der Waals surface area contributed by atoms with Crippen LogP contribution < -0.4 is 5.32 Å². The number of hydrogen-bond donors (Lipinski definition) is 1.